The van der Waals surface area contributed by atoms with E-state index in [2.05, 4.69) is 20.8 Å². The molecule has 1 rings (SSSR count). The highest BCUT2D eigenvalue weighted by Crippen LogP contribution is 2.18. The lowest BCUT2D eigenvalue weighted by Gasteiger charge is -2.32. The molecule has 0 aliphatic carbocycles. The van der Waals surface area contributed by atoms with Crippen LogP contribution < -0.4 is 0 Å². The summed E-state index contributed by atoms with van der Waals surface area (Å²) >= 11 is 0. The number of hydrogen-bond donors (Lipinski definition) is 0. The van der Waals surface area contributed by atoms with Crippen LogP contribution in [0.15, 0.2) is 0 Å². The van der Waals surface area contributed by atoms with Crippen molar-refractivity contribution in [3.63, 3.8) is 0 Å². The first-order chi connectivity index (χ1) is 7.80. The average Bonchev–Trinajstić information content (AvgIpc) is 2.16. The van der Waals surface area contributed by atoms with E-state index >= 15 is 0 Å². The minimum absolute atomic E-state index is 0.163. The zero-order chi connectivity index (χ0) is 13.5. The van der Waals surface area contributed by atoms with Gasteiger partial charge in [-0.2, -0.15) is 0 Å². The van der Waals surface area contributed by atoms with Crippen molar-refractivity contribution < 1.29 is 9.53 Å². The highest BCUT2D eigenvalue weighted by molar-refractivity contribution is 5.68. The smallest absolute Gasteiger partial charge is 0.410 e. The van der Waals surface area contributed by atoms with Gasteiger partial charge >= 0.3 is 6.09 Å². The van der Waals surface area contributed by atoms with E-state index in [1.54, 1.807) is 0 Å². The maximum absolute atomic E-state index is 11.7. The van der Waals surface area contributed by atoms with Crippen molar-refractivity contribution in [2.45, 2.75) is 66.4 Å². The molecule has 0 unspecified atom stereocenters. The number of ether oxygens (including phenoxy) is 1. The monoisotopic (exact) mass is 243 g/mol. The van der Waals surface area contributed by atoms with Crippen LogP contribution >= 0.6 is 0 Å². The molecule has 1 aliphatic heterocycles. The molecule has 1 saturated heterocycles. The second-order valence-corrected chi connectivity index (χ2v) is 5.88. The van der Waals surface area contributed by atoms with Crippen LogP contribution in [0.5, 0.6) is 0 Å². The molecule has 0 aromatic rings. The number of carbonyl (C=O) groups excluding carboxylic acids is 1. The van der Waals surface area contributed by atoms with Gasteiger partial charge in [-0.05, 0) is 39.5 Å². The van der Waals surface area contributed by atoms with Crippen molar-refractivity contribution in [1.82, 2.24) is 4.90 Å². The lowest BCUT2D eigenvalue weighted by molar-refractivity contribution is 0.0174. The fourth-order valence-corrected chi connectivity index (χ4v) is 1.68. The predicted octanol–water partition coefficient (Wildman–Crippen LogP) is 4.07. The van der Waals surface area contributed by atoms with Gasteiger partial charge < -0.3 is 9.64 Å². The SMILES string of the molecule is CCC.C[C@H]1CCCN(C(=O)OC(C)(C)C)C1. The fraction of sp³-hybridized carbons (Fsp3) is 0.929. The number of piperidine rings is 1. The van der Waals surface area contributed by atoms with E-state index in [0.29, 0.717) is 5.92 Å². The van der Waals surface area contributed by atoms with E-state index in [4.69, 9.17) is 4.74 Å². The molecule has 1 amide bonds. The van der Waals surface area contributed by atoms with Crippen LogP contribution in [-0.2, 0) is 4.74 Å². The van der Waals surface area contributed by atoms with Crippen LogP contribution in [0.3, 0.4) is 0 Å². The van der Waals surface area contributed by atoms with Crippen molar-refractivity contribution >= 4 is 6.09 Å². The summed E-state index contributed by atoms with van der Waals surface area (Å²) < 4.78 is 5.31. The van der Waals surface area contributed by atoms with Gasteiger partial charge in [-0.1, -0.05) is 27.2 Å². The third-order valence-electron chi connectivity index (χ3n) is 2.31. The molecular formula is C14H29NO2. The van der Waals surface area contributed by atoms with Gasteiger partial charge in [0.25, 0.3) is 0 Å². The van der Waals surface area contributed by atoms with Crippen LogP contribution in [0, 0.1) is 5.92 Å². The van der Waals surface area contributed by atoms with Crippen molar-refractivity contribution in [3.8, 4) is 0 Å². The molecule has 1 heterocycles. The molecule has 3 nitrogen and oxygen atoms in total. The molecule has 3 heteroatoms. The van der Waals surface area contributed by atoms with Gasteiger partial charge in [-0.15, -0.1) is 0 Å². The Morgan fingerprint density at radius 2 is 1.88 bits per heavy atom. The molecule has 0 bridgehead atoms. The summed E-state index contributed by atoms with van der Waals surface area (Å²) in [7, 11) is 0. The number of carbonyl (C=O) groups is 1. The molecule has 1 fully saturated rings. The number of rotatable bonds is 0. The van der Waals surface area contributed by atoms with E-state index in [0.717, 1.165) is 19.5 Å². The molecule has 0 aromatic heterocycles. The second kappa shape index (κ2) is 7.57. The Morgan fingerprint density at radius 3 is 2.29 bits per heavy atom. The van der Waals surface area contributed by atoms with Crippen LogP contribution in [0.2, 0.25) is 0 Å². The summed E-state index contributed by atoms with van der Waals surface area (Å²) in [6, 6.07) is 0. The highest BCUT2D eigenvalue weighted by Gasteiger charge is 2.25. The molecular weight excluding hydrogens is 214 g/mol. The first-order valence-electron chi connectivity index (χ1n) is 6.78. The number of amides is 1. The molecule has 102 valence electrons. The Hall–Kier alpha value is -0.730. The molecule has 0 aromatic carbocycles. The van der Waals surface area contributed by atoms with Crippen LogP contribution in [0.25, 0.3) is 0 Å². The predicted molar refractivity (Wildman–Crippen MR) is 72.2 cm³/mol. The lowest BCUT2D eigenvalue weighted by Crippen LogP contribution is -2.42. The summed E-state index contributed by atoms with van der Waals surface area (Å²) in [5.74, 6) is 0.608. The Balaban J connectivity index is 0.000000770. The Morgan fingerprint density at radius 1 is 1.35 bits per heavy atom. The normalized spacial score (nSPS) is 20.4. The van der Waals surface area contributed by atoms with Crippen LogP contribution in [-0.4, -0.2) is 29.7 Å². The van der Waals surface area contributed by atoms with Gasteiger partial charge in [-0.25, -0.2) is 4.79 Å². The van der Waals surface area contributed by atoms with E-state index in [9.17, 15) is 4.79 Å². The summed E-state index contributed by atoms with van der Waals surface area (Å²) in [6.07, 6.45) is 3.41. The molecule has 1 aliphatic rings. The minimum atomic E-state index is -0.377. The molecule has 0 radical (unpaired) electrons. The summed E-state index contributed by atoms with van der Waals surface area (Å²) in [4.78, 5) is 13.5. The van der Waals surface area contributed by atoms with Crippen molar-refractivity contribution in [2.24, 2.45) is 5.92 Å². The Labute approximate surface area is 107 Å². The van der Waals surface area contributed by atoms with Crippen molar-refractivity contribution in [2.75, 3.05) is 13.1 Å². The molecule has 17 heavy (non-hydrogen) atoms. The first kappa shape index (κ1) is 16.3. The summed E-state index contributed by atoms with van der Waals surface area (Å²) in [5.41, 5.74) is -0.377. The quantitative estimate of drug-likeness (QED) is 0.642. The summed E-state index contributed by atoms with van der Waals surface area (Å²) in [6.45, 7) is 13.8. The van der Waals surface area contributed by atoms with Crippen molar-refractivity contribution in [1.29, 1.82) is 0 Å². The van der Waals surface area contributed by atoms with Gasteiger partial charge in [0, 0.05) is 13.1 Å². The largest absolute Gasteiger partial charge is 0.444 e. The van der Waals surface area contributed by atoms with Gasteiger partial charge in [0.05, 0.1) is 0 Å². The minimum Gasteiger partial charge on any atom is -0.444 e. The van der Waals surface area contributed by atoms with Crippen LogP contribution in [0.4, 0.5) is 4.79 Å². The van der Waals surface area contributed by atoms with E-state index < -0.39 is 0 Å². The van der Waals surface area contributed by atoms with Crippen LogP contribution in [0.1, 0.15) is 60.8 Å². The van der Waals surface area contributed by atoms with E-state index in [-0.39, 0.29) is 11.7 Å². The maximum Gasteiger partial charge on any atom is 0.410 e. The first-order valence-corrected chi connectivity index (χ1v) is 6.78. The van der Waals surface area contributed by atoms with Gasteiger partial charge in [0.15, 0.2) is 0 Å². The zero-order valence-electron chi connectivity index (χ0n) is 12.4. The fourth-order valence-electron chi connectivity index (χ4n) is 1.68. The molecule has 0 spiro atoms. The molecule has 0 saturated carbocycles. The number of likely N-dealkylation sites (tertiary alicyclic amines) is 1. The summed E-state index contributed by atoms with van der Waals surface area (Å²) in [5, 5.41) is 0. The third-order valence-corrected chi connectivity index (χ3v) is 2.31. The second-order valence-electron chi connectivity index (χ2n) is 5.88. The van der Waals surface area contributed by atoms with E-state index in [1.165, 1.54) is 12.8 Å². The molecule has 1 atom stereocenters. The Kier molecular flexibility index (Phi) is 7.24. The zero-order valence-corrected chi connectivity index (χ0v) is 12.4. The Bertz CT molecular complexity index is 221. The highest BCUT2D eigenvalue weighted by atomic mass is 16.6. The number of nitrogens with zero attached hydrogens (tertiary/aromatic N) is 1. The van der Waals surface area contributed by atoms with Gasteiger partial charge in [0.2, 0.25) is 0 Å². The maximum atomic E-state index is 11.7. The standard InChI is InChI=1S/C11H21NO2.C3H8/c1-9-6-5-7-12(8-9)10(13)14-11(2,3)4;1-3-2/h9H,5-8H2,1-4H3;3H2,1-2H3/t9-;/m0./s1. The third kappa shape index (κ3) is 8.06. The van der Waals surface area contributed by atoms with E-state index in [1.807, 2.05) is 25.7 Å². The lowest BCUT2D eigenvalue weighted by atomic mass is 10.0. The van der Waals surface area contributed by atoms with Gasteiger partial charge in [-0.3, -0.25) is 0 Å². The average molecular weight is 243 g/mol. The van der Waals surface area contributed by atoms with Crippen molar-refractivity contribution in [3.05, 3.63) is 0 Å². The number of hydrogen-bond acceptors (Lipinski definition) is 2. The molecule has 0 N–H and O–H groups in total. The topological polar surface area (TPSA) is 29.5 Å². The van der Waals surface area contributed by atoms with Gasteiger partial charge in [0.1, 0.15) is 5.60 Å².